The van der Waals surface area contributed by atoms with E-state index >= 15 is 0 Å². The van der Waals surface area contributed by atoms with E-state index in [4.69, 9.17) is 4.74 Å². The fourth-order valence-electron chi connectivity index (χ4n) is 3.97. The van der Waals surface area contributed by atoms with E-state index in [1.807, 2.05) is 0 Å². The van der Waals surface area contributed by atoms with Crippen molar-refractivity contribution in [3.05, 3.63) is 32.6 Å². The van der Waals surface area contributed by atoms with Crippen LogP contribution in [-0.4, -0.2) is 40.2 Å². The van der Waals surface area contributed by atoms with Gasteiger partial charge < -0.3 is 9.72 Å². The average Bonchev–Trinajstić information content (AvgIpc) is 3.04. The molecule has 1 aromatic rings. The molecule has 4 heterocycles. The van der Waals surface area contributed by atoms with Gasteiger partial charge in [0.2, 0.25) is 0 Å². The van der Waals surface area contributed by atoms with Crippen LogP contribution in [0.25, 0.3) is 0 Å². The van der Waals surface area contributed by atoms with Crippen molar-refractivity contribution in [1.29, 1.82) is 0 Å². The molecular formula is C13H17N3O3. The van der Waals surface area contributed by atoms with Crippen LogP contribution in [-0.2, 0) is 11.3 Å². The van der Waals surface area contributed by atoms with Crippen LogP contribution in [0.2, 0.25) is 0 Å². The van der Waals surface area contributed by atoms with E-state index in [1.165, 1.54) is 19.0 Å². The lowest BCUT2D eigenvalue weighted by atomic mass is 9.82. The second-order valence-electron chi connectivity index (χ2n) is 5.91. The van der Waals surface area contributed by atoms with Crippen LogP contribution in [0.1, 0.15) is 18.4 Å². The standard InChI is InChI=1S/C13H17N3O3/c17-12-7(3-14-13(18)15-12)4-16-5-8-9(6-16)11-2-1-10(8)19-11/h3,8-11H,1-2,4-6H2,(H2,14,15,17,18)/t8-,9+,10+,11-. The Bertz CT molecular complexity index is 590. The summed E-state index contributed by atoms with van der Waals surface area (Å²) in [6, 6.07) is 0. The topological polar surface area (TPSA) is 78.2 Å². The van der Waals surface area contributed by atoms with Gasteiger partial charge in [0.1, 0.15) is 0 Å². The van der Waals surface area contributed by atoms with Gasteiger partial charge in [-0.1, -0.05) is 0 Å². The highest BCUT2D eigenvalue weighted by molar-refractivity contribution is 5.07. The molecule has 4 atom stereocenters. The van der Waals surface area contributed by atoms with E-state index < -0.39 is 5.69 Å². The number of ether oxygens (including phenoxy) is 1. The third-order valence-corrected chi connectivity index (χ3v) is 4.82. The van der Waals surface area contributed by atoms with Gasteiger partial charge >= 0.3 is 5.69 Å². The zero-order valence-corrected chi connectivity index (χ0v) is 10.6. The van der Waals surface area contributed by atoms with Crippen LogP contribution >= 0.6 is 0 Å². The summed E-state index contributed by atoms with van der Waals surface area (Å²) in [6.07, 6.45) is 4.79. The molecule has 3 aliphatic heterocycles. The van der Waals surface area contributed by atoms with Crippen molar-refractivity contribution in [2.24, 2.45) is 11.8 Å². The quantitative estimate of drug-likeness (QED) is 0.766. The zero-order valence-electron chi connectivity index (χ0n) is 10.6. The Morgan fingerprint density at radius 1 is 1.21 bits per heavy atom. The Morgan fingerprint density at radius 3 is 2.53 bits per heavy atom. The van der Waals surface area contributed by atoms with Crippen molar-refractivity contribution < 1.29 is 4.74 Å². The number of H-pyrrole nitrogens is 2. The van der Waals surface area contributed by atoms with Crippen LogP contribution in [0.4, 0.5) is 0 Å². The highest BCUT2D eigenvalue weighted by Gasteiger charge is 2.52. The lowest BCUT2D eigenvalue weighted by Gasteiger charge is -2.18. The minimum absolute atomic E-state index is 0.278. The van der Waals surface area contributed by atoms with E-state index in [0.29, 0.717) is 36.2 Å². The van der Waals surface area contributed by atoms with Gasteiger partial charge in [-0.15, -0.1) is 0 Å². The van der Waals surface area contributed by atoms with Gasteiger partial charge in [0, 0.05) is 43.2 Å². The van der Waals surface area contributed by atoms with Crippen molar-refractivity contribution in [2.75, 3.05) is 13.1 Å². The predicted octanol–water partition coefficient (Wildman–Crippen LogP) is -0.328. The van der Waals surface area contributed by atoms with Crippen LogP contribution in [0, 0.1) is 11.8 Å². The Kier molecular flexibility index (Phi) is 2.43. The van der Waals surface area contributed by atoms with Crippen LogP contribution in [0.5, 0.6) is 0 Å². The summed E-state index contributed by atoms with van der Waals surface area (Å²) in [4.78, 5) is 29.8. The first-order valence-electron chi connectivity index (χ1n) is 6.89. The maximum atomic E-state index is 11.7. The Morgan fingerprint density at radius 2 is 1.89 bits per heavy atom. The number of hydrogen-bond donors (Lipinski definition) is 2. The fourth-order valence-corrected chi connectivity index (χ4v) is 3.97. The van der Waals surface area contributed by atoms with Gasteiger partial charge in [-0.05, 0) is 12.8 Å². The van der Waals surface area contributed by atoms with Crippen LogP contribution < -0.4 is 11.2 Å². The van der Waals surface area contributed by atoms with Crippen molar-refractivity contribution >= 4 is 0 Å². The molecule has 6 nitrogen and oxygen atoms in total. The predicted molar refractivity (Wildman–Crippen MR) is 67.8 cm³/mol. The summed E-state index contributed by atoms with van der Waals surface area (Å²) in [7, 11) is 0. The molecule has 0 amide bonds. The van der Waals surface area contributed by atoms with E-state index in [0.717, 1.165) is 13.1 Å². The minimum atomic E-state index is -0.446. The van der Waals surface area contributed by atoms with E-state index in [9.17, 15) is 9.59 Å². The zero-order chi connectivity index (χ0) is 13.0. The second kappa shape index (κ2) is 4.05. The molecule has 2 bridgehead atoms. The van der Waals surface area contributed by atoms with E-state index in [1.54, 1.807) is 0 Å². The summed E-state index contributed by atoms with van der Waals surface area (Å²) < 4.78 is 5.94. The molecule has 3 fully saturated rings. The Labute approximate surface area is 109 Å². The van der Waals surface area contributed by atoms with Crippen LogP contribution in [0.15, 0.2) is 15.8 Å². The highest BCUT2D eigenvalue weighted by Crippen LogP contribution is 2.47. The number of likely N-dealkylation sites (tertiary alicyclic amines) is 1. The van der Waals surface area contributed by atoms with Gasteiger partial charge in [-0.25, -0.2) is 4.79 Å². The number of hydrogen-bond acceptors (Lipinski definition) is 4. The number of nitrogens with zero attached hydrogens (tertiary/aromatic N) is 1. The largest absolute Gasteiger partial charge is 0.374 e. The molecule has 0 aromatic carbocycles. The lowest BCUT2D eigenvalue weighted by Crippen LogP contribution is -2.31. The monoisotopic (exact) mass is 263 g/mol. The van der Waals surface area contributed by atoms with Gasteiger partial charge in [-0.2, -0.15) is 0 Å². The van der Waals surface area contributed by atoms with Crippen molar-refractivity contribution in [1.82, 2.24) is 14.9 Å². The fraction of sp³-hybridized carbons (Fsp3) is 0.692. The normalized spacial score (nSPS) is 36.8. The number of rotatable bonds is 2. The maximum absolute atomic E-state index is 11.7. The second-order valence-corrected chi connectivity index (χ2v) is 5.91. The Hall–Kier alpha value is -1.40. The number of fused-ring (bicyclic) bond motifs is 5. The first kappa shape index (κ1) is 11.4. The number of aromatic nitrogens is 2. The molecule has 3 saturated heterocycles. The van der Waals surface area contributed by atoms with Crippen LogP contribution in [0.3, 0.4) is 0 Å². The molecule has 0 spiro atoms. The molecule has 0 unspecified atom stereocenters. The molecule has 19 heavy (non-hydrogen) atoms. The summed E-state index contributed by atoms with van der Waals surface area (Å²) in [5, 5.41) is 0. The minimum Gasteiger partial charge on any atom is -0.374 e. The molecule has 2 N–H and O–H groups in total. The summed E-state index contributed by atoms with van der Waals surface area (Å²) >= 11 is 0. The summed E-state index contributed by atoms with van der Waals surface area (Å²) in [5.74, 6) is 1.28. The lowest BCUT2D eigenvalue weighted by molar-refractivity contribution is 0.0696. The SMILES string of the molecule is O=c1[nH]cc(CN2C[C@@H]3[C@H](C2)[C@H]2CC[C@@H]3O2)c(=O)[nH]1. The molecule has 0 aliphatic carbocycles. The number of aromatic amines is 2. The summed E-state index contributed by atoms with van der Waals surface area (Å²) in [6.45, 7) is 2.62. The molecule has 3 aliphatic rings. The van der Waals surface area contributed by atoms with E-state index in [2.05, 4.69) is 14.9 Å². The van der Waals surface area contributed by atoms with Gasteiger partial charge in [0.15, 0.2) is 0 Å². The summed E-state index contributed by atoms with van der Waals surface area (Å²) in [5.41, 5.74) is -0.0913. The first-order valence-corrected chi connectivity index (χ1v) is 6.89. The van der Waals surface area contributed by atoms with Crippen molar-refractivity contribution in [3.8, 4) is 0 Å². The third-order valence-electron chi connectivity index (χ3n) is 4.82. The van der Waals surface area contributed by atoms with Gasteiger partial charge in [-0.3, -0.25) is 14.7 Å². The third kappa shape index (κ3) is 1.78. The molecule has 4 rings (SSSR count). The smallest absolute Gasteiger partial charge is 0.325 e. The average molecular weight is 263 g/mol. The maximum Gasteiger partial charge on any atom is 0.325 e. The molecule has 0 saturated carbocycles. The Balaban J connectivity index is 1.50. The van der Waals surface area contributed by atoms with Crippen molar-refractivity contribution in [3.63, 3.8) is 0 Å². The van der Waals surface area contributed by atoms with Crippen molar-refractivity contribution in [2.45, 2.75) is 31.6 Å². The highest BCUT2D eigenvalue weighted by atomic mass is 16.5. The molecule has 6 heteroatoms. The molecular weight excluding hydrogens is 246 g/mol. The number of nitrogens with one attached hydrogen (secondary N) is 2. The first-order chi connectivity index (χ1) is 9.20. The van der Waals surface area contributed by atoms with E-state index in [-0.39, 0.29) is 5.56 Å². The molecule has 1 aromatic heterocycles. The van der Waals surface area contributed by atoms with Gasteiger partial charge in [0.05, 0.1) is 12.2 Å². The molecule has 102 valence electrons. The van der Waals surface area contributed by atoms with Gasteiger partial charge in [0.25, 0.3) is 5.56 Å². The molecule has 0 radical (unpaired) electrons.